The molecule has 3 heterocycles. The molecule has 0 saturated carbocycles. The Balaban J connectivity index is 1.94. The van der Waals surface area contributed by atoms with E-state index in [9.17, 15) is 9.59 Å². The molecule has 0 N–H and O–H groups in total. The Bertz CT molecular complexity index is 1260. The number of carbonyl (C=O) groups is 1. The number of fused-ring (bicyclic) bond motifs is 1. The highest BCUT2D eigenvalue weighted by atomic mass is 32.1. The first kappa shape index (κ1) is 18.9. The third-order valence-corrected chi connectivity index (χ3v) is 5.49. The Morgan fingerprint density at radius 1 is 1.31 bits per heavy atom. The van der Waals surface area contributed by atoms with Crippen molar-refractivity contribution < 1.29 is 13.9 Å². The average Bonchev–Trinajstić information content (AvgIpc) is 3.34. The van der Waals surface area contributed by atoms with Crippen molar-refractivity contribution in [1.82, 2.24) is 4.57 Å². The number of allylic oxidation sites excluding steroid dienone is 1. The highest BCUT2D eigenvalue weighted by Gasteiger charge is 2.33. The highest BCUT2D eigenvalue weighted by Crippen LogP contribution is 2.30. The van der Waals surface area contributed by atoms with E-state index < -0.39 is 12.0 Å². The second kappa shape index (κ2) is 7.89. The minimum absolute atomic E-state index is 0.0834. The van der Waals surface area contributed by atoms with Gasteiger partial charge in [-0.25, -0.2) is 9.79 Å². The molecule has 3 aromatic rings. The van der Waals surface area contributed by atoms with E-state index in [1.807, 2.05) is 30.3 Å². The SMILES string of the molecule is C=CCOC(=O)C1=C(C)N=c2s/c(=C\c3ccco3)c(=O)n2[C@@H]1c1ccccc1. The summed E-state index contributed by atoms with van der Waals surface area (Å²) in [6.07, 6.45) is 4.73. The van der Waals surface area contributed by atoms with E-state index in [1.54, 1.807) is 36.0 Å². The molecule has 0 fully saturated rings. The van der Waals surface area contributed by atoms with Crippen LogP contribution in [0.5, 0.6) is 0 Å². The Hall–Kier alpha value is -3.45. The lowest BCUT2D eigenvalue weighted by molar-refractivity contribution is -0.138. The van der Waals surface area contributed by atoms with Crippen LogP contribution in [0, 0.1) is 0 Å². The first-order valence-corrected chi connectivity index (χ1v) is 9.81. The van der Waals surface area contributed by atoms with Crippen LogP contribution in [0.1, 0.15) is 24.3 Å². The summed E-state index contributed by atoms with van der Waals surface area (Å²) in [7, 11) is 0. The van der Waals surface area contributed by atoms with Crippen LogP contribution < -0.4 is 14.9 Å². The molecular weight excluding hydrogens is 388 g/mol. The molecule has 0 amide bonds. The Labute approximate surface area is 170 Å². The maximum absolute atomic E-state index is 13.3. The van der Waals surface area contributed by atoms with E-state index in [0.717, 1.165) is 5.56 Å². The van der Waals surface area contributed by atoms with Crippen LogP contribution in [0.4, 0.5) is 0 Å². The number of carbonyl (C=O) groups excluding carboxylic acids is 1. The number of furan rings is 1. The van der Waals surface area contributed by atoms with Gasteiger partial charge >= 0.3 is 5.97 Å². The molecule has 2 aromatic heterocycles. The van der Waals surface area contributed by atoms with Crippen molar-refractivity contribution in [2.24, 2.45) is 4.99 Å². The van der Waals surface area contributed by atoms with Crippen LogP contribution in [0.15, 0.2) is 86.9 Å². The number of ether oxygens (including phenoxy) is 1. The van der Waals surface area contributed by atoms with Crippen molar-refractivity contribution in [3.63, 3.8) is 0 Å². The van der Waals surface area contributed by atoms with Crippen LogP contribution in [-0.4, -0.2) is 17.1 Å². The summed E-state index contributed by atoms with van der Waals surface area (Å²) in [4.78, 5) is 31.1. The normalized spacial score (nSPS) is 16.3. The van der Waals surface area contributed by atoms with Gasteiger partial charge in [-0.3, -0.25) is 9.36 Å². The molecule has 0 bridgehead atoms. The van der Waals surface area contributed by atoms with Crippen LogP contribution in [0.25, 0.3) is 6.08 Å². The van der Waals surface area contributed by atoms with E-state index in [-0.39, 0.29) is 12.2 Å². The predicted molar refractivity (Wildman–Crippen MR) is 110 cm³/mol. The van der Waals surface area contributed by atoms with Gasteiger partial charge in [0.15, 0.2) is 4.80 Å². The smallest absolute Gasteiger partial charge is 0.338 e. The van der Waals surface area contributed by atoms with E-state index in [1.165, 1.54) is 17.4 Å². The van der Waals surface area contributed by atoms with Gasteiger partial charge in [-0.2, -0.15) is 0 Å². The molecule has 6 nitrogen and oxygen atoms in total. The fourth-order valence-electron chi connectivity index (χ4n) is 3.25. The molecule has 0 saturated heterocycles. The number of benzene rings is 1. The zero-order valence-electron chi connectivity index (χ0n) is 15.7. The molecule has 1 aliphatic heterocycles. The maximum atomic E-state index is 13.3. The van der Waals surface area contributed by atoms with E-state index in [2.05, 4.69) is 11.6 Å². The zero-order chi connectivity index (χ0) is 20.4. The topological polar surface area (TPSA) is 73.8 Å². The molecular formula is C22H18N2O4S. The Morgan fingerprint density at radius 3 is 2.79 bits per heavy atom. The monoisotopic (exact) mass is 406 g/mol. The molecule has 0 radical (unpaired) electrons. The zero-order valence-corrected chi connectivity index (χ0v) is 16.5. The standard InChI is InChI=1S/C22H18N2O4S/c1-3-11-28-21(26)18-14(2)23-22-24(19(18)15-8-5-4-6-9-15)20(25)17(29-22)13-16-10-7-12-27-16/h3-10,12-13,19H,1,11H2,2H3/b17-13-/t19-/m1/s1. The van der Waals surface area contributed by atoms with Crippen molar-refractivity contribution in [3.05, 3.63) is 104 Å². The Kier molecular flexibility index (Phi) is 5.14. The van der Waals surface area contributed by atoms with Gasteiger partial charge in [0.05, 0.1) is 28.1 Å². The second-order valence-corrected chi connectivity index (χ2v) is 7.40. The summed E-state index contributed by atoms with van der Waals surface area (Å²) in [6, 6.07) is 12.3. The maximum Gasteiger partial charge on any atom is 0.338 e. The summed E-state index contributed by atoms with van der Waals surface area (Å²) < 4.78 is 12.7. The molecule has 7 heteroatoms. The van der Waals surface area contributed by atoms with Gasteiger partial charge in [-0.15, -0.1) is 0 Å². The minimum atomic E-state index is -0.622. The van der Waals surface area contributed by atoms with E-state index in [0.29, 0.717) is 26.4 Å². The van der Waals surface area contributed by atoms with Gasteiger partial charge in [0.1, 0.15) is 12.4 Å². The van der Waals surface area contributed by atoms with Crippen molar-refractivity contribution in [2.75, 3.05) is 6.61 Å². The van der Waals surface area contributed by atoms with Crippen LogP contribution in [0.3, 0.4) is 0 Å². The number of aromatic nitrogens is 1. The summed E-state index contributed by atoms with van der Waals surface area (Å²) in [5.41, 5.74) is 1.44. The van der Waals surface area contributed by atoms with Crippen molar-refractivity contribution >= 4 is 23.4 Å². The molecule has 4 rings (SSSR count). The third-order valence-electron chi connectivity index (χ3n) is 4.51. The number of nitrogens with zero attached hydrogens (tertiary/aromatic N) is 2. The summed E-state index contributed by atoms with van der Waals surface area (Å²) in [5.74, 6) is 0.0631. The largest absolute Gasteiger partial charge is 0.465 e. The van der Waals surface area contributed by atoms with Gasteiger partial charge in [0.25, 0.3) is 5.56 Å². The molecule has 1 atom stereocenters. The summed E-state index contributed by atoms with van der Waals surface area (Å²) in [6.45, 7) is 5.42. The van der Waals surface area contributed by atoms with Crippen LogP contribution >= 0.6 is 11.3 Å². The highest BCUT2D eigenvalue weighted by molar-refractivity contribution is 7.07. The lowest BCUT2D eigenvalue weighted by Crippen LogP contribution is -2.39. The van der Waals surface area contributed by atoms with Gasteiger partial charge < -0.3 is 9.15 Å². The molecule has 146 valence electrons. The van der Waals surface area contributed by atoms with Crippen molar-refractivity contribution in [1.29, 1.82) is 0 Å². The fourth-order valence-corrected chi connectivity index (χ4v) is 4.28. The molecule has 1 aliphatic rings. The third kappa shape index (κ3) is 3.52. The second-order valence-electron chi connectivity index (χ2n) is 6.40. The van der Waals surface area contributed by atoms with Crippen molar-refractivity contribution in [3.8, 4) is 0 Å². The quantitative estimate of drug-likeness (QED) is 0.482. The summed E-state index contributed by atoms with van der Waals surface area (Å²) in [5, 5.41) is 0. The molecule has 0 aliphatic carbocycles. The van der Waals surface area contributed by atoms with E-state index in [4.69, 9.17) is 9.15 Å². The molecule has 0 unspecified atom stereocenters. The number of hydrogen-bond acceptors (Lipinski definition) is 6. The van der Waals surface area contributed by atoms with Gasteiger partial charge in [0, 0.05) is 6.08 Å². The van der Waals surface area contributed by atoms with Gasteiger partial charge in [0.2, 0.25) is 0 Å². The average molecular weight is 406 g/mol. The first-order valence-electron chi connectivity index (χ1n) is 8.99. The molecule has 0 spiro atoms. The van der Waals surface area contributed by atoms with Crippen molar-refractivity contribution in [2.45, 2.75) is 13.0 Å². The summed E-state index contributed by atoms with van der Waals surface area (Å²) >= 11 is 1.26. The lowest BCUT2D eigenvalue weighted by Gasteiger charge is -2.24. The van der Waals surface area contributed by atoms with E-state index >= 15 is 0 Å². The van der Waals surface area contributed by atoms with Crippen LogP contribution in [0.2, 0.25) is 0 Å². The van der Waals surface area contributed by atoms with Gasteiger partial charge in [-0.05, 0) is 24.6 Å². The number of esters is 1. The molecule has 29 heavy (non-hydrogen) atoms. The van der Waals surface area contributed by atoms with Crippen LogP contribution in [-0.2, 0) is 9.53 Å². The minimum Gasteiger partial charge on any atom is -0.465 e. The number of hydrogen-bond donors (Lipinski definition) is 0. The Morgan fingerprint density at radius 2 is 2.10 bits per heavy atom. The number of thiazole rings is 1. The number of rotatable bonds is 5. The molecule has 1 aromatic carbocycles. The fraction of sp³-hybridized carbons (Fsp3) is 0.136. The predicted octanol–water partition coefficient (Wildman–Crippen LogP) is 2.56. The lowest BCUT2D eigenvalue weighted by atomic mass is 9.96. The van der Waals surface area contributed by atoms with Gasteiger partial charge in [-0.1, -0.05) is 54.3 Å². The first-order chi connectivity index (χ1) is 14.1.